The van der Waals surface area contributed by atoms with Gasteiger partial charge in [-0.05, 0) is 68.3 Å². The number of halogens is 3. The Kier molecular flexibility index (Phi) is 7.97. The van der Waals surface area contributed by atoms with Crippen molar-refractivity contribution >= 4 is 29.1 Å². The highest BCUT2D eigenvalue weighted by molar-refractivity contribution is 6.03. The van der Waals surface area contributed by atoms with Crippen molar-refractivity contribution in [3.8, 4) is 17.4 Å². The second-order valence-corrected chi connectivity index (χ2v) is 9.98. The summed E-state index contributed by atoms with van der Waals surface area (Å²) in [6.07, 6.45) is -1.87. The van der Waals surface area contributed by atoms with E-state index in [0.29, 0.717) is 43.1 Å². The lowest BCUT2D eigenvalue weighted by Gasteiger charge is -2.30. The van der Waals surface area contributed by atoms with Crippen molar-refractivity contribution in [2.24, 2.45) is 0 Å². The number of rotatable bonds is 6. The molecule has 0 spiro atoms. The van der Waals surface area contributed by atoms with Crippen molar-refractivity contribution in [2.75, 3.05) is 42.2 Å². The summed E-state index contributed by atoms with van der Waals surface area (Å²) in [5, 5.41) is 5.15. The van der Waals surface area contributed by atoms with Gasteiger partial charge in [0.2, 0.25) is 11.8 Å². The zero-order valence-corrected chi connectivity index (χ0v) is 22.5. The molecule has 1 saturated heterocycles. The number of ether oxygens (including phenoxy) is 2. The Morgan fingerprint density at radius 3 is 2.51 bits per heavy atom. The van der Waals surface area contributed by atoms with Gasteiger partial charge in [-0.2, -0.15) is 13.2 Å². The molecule has 0 atom stereocenters. The number of likely N-dealkylation sites (tertiary alicyclic amines) is 1. The number of carbonyl (C=O) groups excluding carboxylic acids is 2. The molecule has 3 heterocycles. The highest BCUT2D eigenvalue weighted by Gasteiger charge is 2.36. The molecule has 0 radical (unpaired) electrons. The van der Waals surface area contributed by atoms with Crippen molar-refractivity contribution in [2.45, 2.75) is 38.5 Å². The minimum Gasteiger partial charge on any atom is -0.490 e. The molecule has 13 heteroatoms. The maximum Gasteiger partial charge on any atom is 0.420 e. The van der Waals surface area contributed by atoms with Crippen molar-refractivity contribution in [3.63, 3.8) is 0 Å². The summed E-state index contributed by atoms with van der Waals surface area (Å²) in [5.74, 6) is 0.462. The van der Waals surface area contributed by atoms with E-state index in [1.165, 1.54) is 36.4 Å². The van der Waals surface area contributed by atoms with Gasteiger partial charge in [0.1, 0.15) is 29.7 Å². The average molecular weight is 571 g/mol. The van der Waals surface area contributed by atoms with Gasteiger partial charge in [0.25, 0.3) is 0 Å². The quantitative estimate of drug-likeness (QED) is 0.413. The van der Waals surface area contributed by atoms with Gasteiger partial charge in [-0.1, -0.05) is 0 Å². The molecule has 0 saturated carbocycles. The van der Waals surface area contributed by atoms with E-state index in [-0.39, 0.29) is 29.3 Å². The smallest absolute Gasteiger partial charge is 0.420 e. The van der Waals surface area contributed by atoms with Crippen LogP contribution < -0.4 is 25.0 Å². The van der Waals surface area contributed by atoms with E-state index in [0.717, 1.165) is 24.7 Å². The van der Waals surface area contributed by atoms with Gasteiger partial charge in [-0.3, -0.25) is 9.69 Å². The number of nitrogens with one attached hydrogen (secondary N) is 2. The Hall–Kier alpha value is -4.39. The third-order valence-electron chi connectivity index (χ3n) is 6.86. The number of alkyl halides is 3. The fourth-order valence-corrected chi connectivity index (χ4v) is 4.82. The molecule has 1 fully saturated rings. The number of aromatic nitrogens is 2. The van der Waals surface area contributed by atoms with Crippen molar-refractivity contribution in [1.29, 1.82) is 0 Å². The number of amides is 3. The zero-order chi connectivity index (χ0) is 29.1. The Morgan fingerprint density at radius 2 is 1.78 bits per heavy atom. The Morgan fingerprint density at radius 1 is 1.00 bits per heavy atom. The highest BCUT2D eigenvalue weighted by atomic mass is 19.4. The minimum atomic E-state index is -4.65. The van der Waals surface area contributed by atoms with E-state index in [1.54, 1.807) is 18.2 Å². The van der Waals surface area contributed by atoms with Crippen LogP contribution >= 0.6 is 0 Å². The molecule has 41 heavy (non-hydrogen) atoms. The Labute approximate surface area is 234 Å². The first-order valence-electron chi connectivity index (χ1n) is 13.1. The molecule has 0 aliphatic carbocycles. The summed E-state index contributed by atoms with van der Waals surface area (Å²) >= 11 is 0. The molecule has 3 amide bonds. The number of fused-ring (bicyclic) bond motifs is 1. The number of carbonyl (C=O) groups is 2. The van der Waals surface area contributed by atoms with Gasteiger partial charge in [-0.25, -0.2) is 14.8 Å². The molecule has 2 aliphatic heterocycles. The van der Waals surface area contributed by atoms with Crippen LogP contribution in [0.25, 0.3) is 0 Å². The molecular formula is C28H29F3N6O4. The van der Waals surface area contributed by atoms with E-state index < -0.39 is 17.8 Å². The predicted molar refractivity (Wildman–Crippen MR) is 146 cm³/mol. The molecule has 216 valence electrons. The van der Waals surface area contributed by atoms with Crippen LogP contribution in [0.1, 0.15) is 30.9 Å². The molecule has 5 rings (SSSR count). The normalized spacial score (nSPS) is 15.8. The second-order valence-electron chi connectivity index (χ2n) is 9.98. The van der Waals surface area contributed by atoms with Crippen LogP contribution in [0.2, 0.25) is 0 Å². The SMILES string of the molecule is CC(=O)Nc1cc(Oc2ccc3c(c2)CCN3C(=O)Nc2ccc(OC3CCN(C)CC3)c(C(F)(F)F)c2)ncn1. The monoisotopic (exact) mass is 570 g/mol. The van der Waals surface area contributed by atoms with E-state index in [4.69, 9.17) is 9.47 Å². The van der Waals surface area contributed by atoms with Gasteiger partial charge in [-0.15, -0.1) is 0 Å². The predicted octanol–water partition coefficient (Wildman–Crippen LogP) is 5.31. The fraction of sp³-hybridized carbons (Fsp3) is 0.357. The molecule has 1 aromatic heterocycles. The Balaban J connectivity index is 1.27. The van der Waals surface area contributed by atoms with Crippen LogP contribution in [0.4, 0.5) is 35.2 Å². The lowest BCUT2D eigenvalue weighted by molar-refractivity contribution is -0.139. The van der Waals surface area contributed by atoms with Gasteiger partial charge >= 0.3 is 12.2 Å². The molecule has 2 aromatic carbocycles. The molecule has 0 bridgehead atoms. The first kappa shape index (κ1) is 28.1. The molecule has 2 N–H and O–H groups in total. The number of benzene rings is 2. The first-order valence-corrected chi connectivity index (χ1v) is 13.1. The summed E-state index contributed by atoms with van der Waals surface area (Å²) in [6, 6.07) is 9.64. The van der Waals surface area contributed by atoms with Crippen LogP contribution in [0.3, 0.4) is 0 Å². The van der Waals surface area contributed by atoms with E-state index in [1.807, 2.05) is 7.05 Å². The van der Waals surface area contributed by atoms with E-state index in [2.05, 4.69) is 25.5 Å². The highest BCUT2D eigenvalue weighted by Crippen LogP contribution is 2.39. The van der Waals surface area contributed by atoms with Gasteiger partial charge < -0.3 is 25.0 Å². The van der Waals surface area contributed by atoms with Crippen molar-refractivity contribution in [1.82, 2.24) is 14.9 Å². The number of piperidine rings is 1. The molecule has 10 nitrogen and oxygen atoms in total. The topological polar surface area (TPSA) is 109 Å². The summed E-state index contributed by atoms with van der Waals surface area (Å²) in [6.45, 7) is 3.21. The van der Waals surface area contributed by atoms with Crippen LogP contribution in [0, 0.1) is 0 Å². The fourth-order valence-electron chi connectivity index (χ4n) is 4.82. The first-order chi connectivity index (χ1) is 19.5. The summed E-state index contributed by atoms with van der Waals surface area (Å²) in [5.41, 5.74) is 0.538. The van der Waals surface area contributed by atoms with E-state index >= 15 is 0 Å². The van der Waals surface area contributed by atoms with Crippen LogP contribution in [0.15, 0.2) is 48.8 Å². The maximum absolute atomic E-state index is 13.9. The Bertz CT molecular complexity index is 1440. The molecule has 0 unspecified atom stereocenters. The number of anilines is 3. The largest absolute Gasteiger partial charge is 0.490 e. The second kappa shape index (κ2) is 11.6. The van der Waals surface area contributed by atoms with Gasteiger partial charge in [0.15, 0.2) is 0 Å². The average Bonchev–Trinajstić information content (AvgIpc) is 3.33. The number of nitrogens with zero attached hydrogens (tertiary/aromatic N) is 4. The lowest BCUT2D eigenvalue weighted by atomic mass is 10.1. The maximum atomic E-state index is 13.9. The number of hydrogen-bond acceptors (Lipinski definition) is 7. The van der Waals surface area contributed by atoms with Crippen molar-refractivity contribution in [3.05, 3.63) is 59.9 Å². The zero-order valence-electron chi connectivity index (χ0n) is 22.5. The summed E-state index contributed by atoms with van der Waals surface area (Å²) in [4.78, 5) is 35.9. The molecule has 3 aromatic rings. The standard InChI is InChI=1S/C28H29F3N6O4/c1-17(38)34-25-15-26(33-16-32-25)41-21-4-5-23-18(13-21)7-12-37(23)27(39)35-19-3-6-24(22(14-19)28(29,30)31)40-20-8-10-36(2)11-9-20/h3-6,13-16,20H,7-12H2,1-2H3,(H,35,39)(H,32,33,34,38). The summed E-state index contributed by atoms with van der Waals surface area (Å²) in [7, 11) is 1.96. The summed E-state index contributed by atoms with van der Waals surface area (Å²) < 4.78 is 53.2. The third-order valence-corrected chi connectivity index (χ3v) is 6.86. The van der Waals surface area contributed by atoms with Gasteiger partial charge in [0, 0.05) is 44.0 Å². The third kappa shape index (κ3) is 6.85. The number of urea groups is 1. The van der Waals surface area contributed by atoms with E-state index in [9.17, 15) is 22.8 Å². The van der Waals surface area contributed by atoms with Gasteiger partial charge in [0.05, 0.1) is 5.56 Å². The van der Waals surface area contributed by atoms with Crippen LogP contribution in [0.5, 0.6) is 17.4 Å². The molecular weight excluding hydrogens is 541 g/mol. The minimum absolute atomic E-state index is 0.0187. The van der Waals surface area contributed by atoms with Crippen LogP contribution in [-0.4, -0.2) is 59.6 Å². The lowest BCUT2D eigenvalue weighted by Crippen LogP contribution is -2.36. The number of hydrogen-bond donors (Lipinski definition) is 2. The van der Waals surface area contributed by atoms with Crippen LogP contribution in [-0.2, 0) is 17.4 Å². The van der Waals surface area contributed by atoms with Crippen molar-refractivity contribution < 1.29 is 32.2 Å². The molecule has 2 aliphatic rings.